The van der Waals surface area contributed by atoms with Crippen LogP contribution in [0.4, 0.5) is 13.2 Å². The van der Waals surface area contributed by atoms with Gasteiger partial charge in [-0.05, 0) is 6.92 Å². The molecule has 0 bridgehead atoms. The van der Waals surface area contributed by atoms with Gasteiger partial charge in [-0.2, -0.15) is 21.6 Å². The lowest BCUT2D eigenvalue weighted by Crippen LogP contribution is -2.38. The molecule has 1 atom stereocenters. The third kappa shape index (κ3) is 5.19. The van der Waals surface area contributed by atoms with Gasteiger partial charge >= 0.3 is 15.5 Å². The molecule has 17 heavy (non-hydrogen) atoms. The van der Waals surface area contributed by atoms with E-state index >= 15 is 0 Å². The number of ether oxygens (including phenoxy) is 1. The molecule has 7 nitrogen and oxygen atoms in total. The van der Waals surface area contributed by atoms with Gasteiger partial charge in [0.2, 0.25) is 0 Å². The van der Waals surface area contributed by atoms with E-state index in [9.17, 15) is 26.7 Å². The smallest absolute Gasteiger partial charge is 0.518 e. The molecule has 1 unspecified atom stereocenters. The first-order valence-electron chi connectivity index (χ1n) is 3.95. The zero-order valence-electron chi connectivity index (χ0n) is 8.43. The van der Waals surface area contributed by atoms with E-state index in [0.29, 0.717) is 0 Å². The summed E-state index contributed by atoms with van der Waals surface area (Å²) in [5.74, 6) is 0. The summed E-state index contributed by atoms with van der Waals surface area (Å²) >= 11 is 0. The molecule has 0 aliphatic heterocycles. The quantitative estimate of drug-likeness (QED) is 0.468. The van der Waals surface area contributed by atoms with E-state index in [1.54, 1.807) is 0 Å². The van der Waals surface area contributed by atoms with Gasteiger partial charge in [0.25, 0.3) is 0 Å². The van der Waals surface area contributed by atoms with Gasteiger partial charge in [0.1, 0.15) is 0 Å². The molecule has 0 spiro atoms. The van der Waals surface area contributed by atoms with Gasteiger partial charge in [-0.15, -0.1) is 4.40 Å². The number of hydrogen-bond donors (Lipinski definition) is 2. The van der Waals surface area contributed by atoms with Crippen LogP contribution in [-0.4, -0.2) is 49.0 Å². The number of aliphatic hydroxyl groups excluding tert-OH is 1. The van der Waals surface area contributed by atoms with Gasteiger partial charge in [-0.25, -0.2) is 0 Å². The van der Waals surface area contributed by atoms with Crippen LogP contribution >= 0.6 is 0 Å². The van der Waals surface area contributed by atoms with E-state index in [2.05, 4.69) is 4.74 Å². The van der Waals surface area contributed by atoms with E-state index in [4.69, 9.17) is 10.2 Å². The summed E-state index contributed by atoms with van der Waals surface area (Å²) in [6.45, 7) is -0.732. The van der Waals surface area contributed by atoms with Crippen molar-refractivity contribution in [3.63, 3.8) is 0 Å². The Kier molecular flexibility index (Phi) is 4.74. The van der Waals surface area contributed by atoms with E-state index in [1.165, 1.54) is 0 Å². The van der Waals surface area contributed by atoms with Crippen LogP contribution in [0, 0.1) is 0 Å². The zero-order valence-corrected chi connectivity index (χ0v) is 9.25. The summed E-state index contributed by atoms with van der Waals surface area (Å²) in [5, 5.41) is 28.2. The largest absolute Gasteiger partial charge is 0.597 e. The lowest BCUT2D eigenvalue weighted by atomic mass is 10.1. The Balaban J connectivity index is 4.70. The average molecular weight is 280 g/mol. The van der Waals surface area contributed by atoms with Crippen LogP contribution in [0.15, 0.2) is 4.40 Å². The molecule has 0 heterocycles. The number of hydrogen-bond acceptors (Lipinski definition) is 6. The Morgan fingerprint density at radius 2 is 1.94 bits per heavy atom. The molecule has 102 valence electrons. The maximum Gasteiger partial charge on any atom is 0.518 e. The molecule has 0 saturated heterocycles. The molecule has 0 fully saturated rings. The molecule has 0 saturated carbocycles. The highest BCUT2D eigenvalue weighted by molar-refractivity contribution is 7.91. The first kappa shape index (κ1) is 15.9. The van der Waals surface area contributed by atoms with Crippen molar-refractivity contribution in [3.8, 4) is 0 Å². The van der Waals surface area contributed by atoms with Crippen LogP contribution < -0.4 is 5.11 Å². The minimum Gasteiger partial charge on any atom is -0.597 e. The fourth-order valence-electron chi connectivity index (χ4n) is 0.439. The molecule has 0 aliphatic rings. The molecule has 0 aromatic heterocycles. The molecule has 2 N–H and O–H groups in total. The van der Waals surface area contributed by atoms with Crippen LogP contribution in [0.1, 0.15) is 6.92 Å². The normalized spacial score (nSPS) is 17.6. The van der Waals surface area contributed by atoms with Crippen LogP contribution in [-0.2, 0) is 14.8 Å². The monoisotopic (exact) mass is 280 g/mol. The third-order valence-corrected chi connectivity index (χ3v) is 2.31. The summed E-state index contributed by atoms with van der Waals surface area (Å²) in [6, 6.07) is 0. The summed E-state index contributed by atoms with van der Waals surface area (Å²) in [4.78, 5) is 0. The SMILES string of the molecule is CC(O)(CO)CO/C([O-])=N/S(=O)(=O)C(F)(F)F. The number of sulfonamides is 1. The Labute approximate surface area is 94.2 Å². The second kappa shape index (κ2) is 5.06. The molecular formula is C6H9F3NO6S-. The second-order valence-electron chi connectivity index (χ2n) is 3.22. The van der Waals surface area contributed by atoms with Crippen LogP contribution in [0.5, 0.6) is 0 Å². The summed E-state index contributed by atoms with van der Waals surface area (Å²) in [5.41, 5.74) is -7.60. The van der Waals surface area contributed by atoms with Gasteiger partial charge in [0.05, 0.1) is 12.2 Å². The highest BCUT2D eigenvalue weighted by atomic mass is 32.2. The van der Waals surface area contributed by atoms with Crippen molar-refractivity contribution >= 4 is 16.1 Å². The molecule has 0 aliphatic carbocycles. The number of alkyl halides is 3. The van der Waals surface area contributed by atoms with Crippen molar-refractivity contribution in [2.45, 2.75) is 18.0 Å². The first-order chi connectivity index (χ1) is 7.41. The van der Waals surface area contributed by atoms with Gasteiger partial charge in [0.15, 0.2) is 6.08 Å². The molecule has 0 amide bonds. The summed E-state index contributed by atoms with van der Waals surface area (Å²) < 4.78 is 61.7. The highest BCUT2D eigenvalue weighted by Crippen LogP contribution is 2.24. The van der Waals surface area contributed by atoms with Crippen molar-refractivity contribution in [3.05, 3.63) is 0 Å². The highest BCUT2D eigenvalue weighted by Gasteiger charge is 2.46. The average Bonchev–Trinajstić information content (AvgIpc) is 2.12. The van der Waals surface area contributed by atoms with Gasteiger partial charge in [0, 0.05) is 6.61 Å². The van der Waals surface area contributed by atoms with E-state index in [1.807, 2.05) is 4.40 Å². The van der Waals surface area contributed by atoms with Crippen molar-refractivity contribution in [2.75, 3.05) is 13.2 Å². The lowest BCUT2D eigenvalue weighted by molar-refractivity contribution is -0.254. The van der Waals surface area contributed by atoms with Crippen LogP contribution in [0.2, 0.25) is 0 Å². The predicted octanol–water partition coefficient (Wildman–Crippen LogP) is -1.69. The fourth-order valence-corrected chi connectivity index (χ4v) is 0.792. The maximum atomic E-state index is 11.8. The Bertz CT molecular complexity index is 387. The maximum absolute atomic E-state index is 11.8. The minimum absolute atomic E-state index is 0.841. The fraction of sp³-hybridized carbons (Fsp3) is 0.833. The van der Waals surface area contributed by atoms with Crippen molar-refractivity contribution in [2.24, 2.45) is 4.40 Å². The van der Waals surface area contributed by atoms with Gasteiger partial charge in [-0.3, -0.25) is 0 Å². The molecule has 11 heteroatoms. The Morgan fingerprint density at radius 3 is 2.29 bits per heavy atom. The Morgan fingerprint density at radius 1 is 1.47 bits per heavy atom. The van der Waals surface area contributed by atoms with Gasteiger partial charge < -0.3 is 20.1 Å². The van der Waals surface area contributed by atoms with E-state index in [-0.39, 0.29) is 0 Å². The number of rotatable bonds is 4. The first-order valence-corrected chi connectivity index (χ1v) is 5.39. The van der Waals surface area contributed by atoms with E-state index < -0.39 is 40.4 Å². The summed E-state index contributed by atoms with van der Waals surface area (Å²) in [7, 11) is -5.97. The van der Waals surface area contributed by atoms with Crippen LogP contribution in [0.3, 0.4) is 0 Å². The van der Waals surface area contributed by atoms with Crippen LogP contribution in [0.25, 0.3) is 0 Å². The van der Waals surface area contributed by atoms with Crippen molar-refractivity contribution < 1.29 is 41.6 Å². The summed E-state index contributed by atoms with van der Waals surface area (Å²) in [6.07, 6.45) is -2.03. The zero-order chi connectivity index (χ0) is 13.9. The Hall–Kier alpha value is -1.07. The molecule has 0 aromatic carbocycles. The topological polar surface area (TPSA) is 119 Å². The minimum atomic E-state index is -5.97. The third-order valence-electron chi connectivity index (χ3n) is 1.33. The van der Waals surface area contributed by atoms with Crippen molar-refractivity contribution in [1.82, 2.24) is 0 Å². The number of aliphatic hydroxyl groups is 2. The second-order valence-corrected chi connectivity index (χ2v) is 4.82. The standard InChI is InChI=1S/C6H10F3NO6S/c1-5(13,2-11)3-16-4(12)10-17(14,15)6(7,8)9/h11,13H,2-3H2,1H3,(H,10,12)/p-1. The predicted molar refractivity (Wildman–Crippen MR) is 46.1 cm³/mol. The molecular weight excluding hydrogens is 271 g/mol. The molecule has 0 aromatic rings. The number of halogens is 3. The molecule has 0 radical (unpaired) electrons. The lowest BCUT2D eigenvalue weighted by Gasteiger charge is -2.25. The van der Waals surface area contributed by atoms with Gasteiger partial charge in [-0.1, -0.05) is 0 Å². The van der Waals surface area contributed by atoms with E-state index in [0.717, 1.165) is 6.92 Å². The molecule has 0 rings (SSSR count). The number of nitrogens with zero attached hydrogens (tertiary/aromatic N) is 1. The van der Waals surface area contributed by atoms with Crippen molar-refractivity contribution in [1.29, 1.82) is 0 Å².